The number of methoxy groups -OCH3 is 1. The first kappa shape index (κ1) is 17.6. The summed E-state index contributed by atoms with van der Waals surface area (Å²) in [5.41, 5.74) is 1.03. The van der Waals surface area contributed by atoms with Gasteiger partial charge in [-0.15, -0.1) is 11.6 Å². The number of ether oxygens (including phenoxy) is 1. The summed E-state index contributed by atoms with van der Waals surface area (Å²) in [6.07, 6.45) is -3.99. The fraction of sp³-hybridized carbons (Fsp3) is 0.294. The van der Waals surface area contributed by atoms with Crippen molar-refractivity contribution >= 4 is 11.6 Å². The fourth-order valence-electron chi connectivity index (χ4n) is 2.39. The smallest absolute Gasteiger partial charge is 0.416 e. The van der Waals surface area contributed by atoms with Crippen LogP contribution in [0.25, 0.3) is 11.1 Å². The predicted molar refractivity (Wildman–Crippen MR) is 82.3 cm³/mol. The molecule has 0 heterocycles. The van der Waals surface area contributed by atoms with Crippen LogP contribution in [0, 0.1) is 5.82 Å². The van der Waals surface area contributed by atoms with Gasteiger partial charge in [-0.2, -0.15) is 13.2 Å². The van der Waals surface area contributed by atoms with Crippen LogP contribution in [0.15, 0.2) is 30.3 Å². The van der Waals surface area contributed by atoms with E-state index in [1.807, 2.05) is 0 Å². The summed E-state index contributed by atoms with van der Waals surface area (Å²) in [7, 11) is 1.38. The Morgan fingerprint density at radius 3 is 2.26 bits per heavy atom. The number of halogens is 5. The van der Waals surface area contributed by atoms with E-state index in [4.69, 9.17) is 16.3 Å². The second kappa shape index (κ2) is 6.79. The predicted octanol–water partition coefficient (Wildman–Crippen LogP) is 5.82. The Balaban J connectivity index is 2.66. The summed E-state index contributed by atoms with van der Waals surface area (Å²) in [6, 6.07) is 6.17. The lowest BCUT2D eigenvalue weighted by Crippen LogP contribution is -2.06. The van der Waals surface area contributed by atoms with Crippen molar-refractivity contribution in [3.8, 4) is 16.9 Å². The first-order valence-corrected chi connectivity index (χ1v) is 7.48. The average Bonchev–Trinajstić information content (AvgIpc) is 2.53. The van der Waals surface area contributed by atoms with Crippen LogP contribution in [0.2, 0.25) is 0 Å². The van der Waals surface area contributed by atoms with E-state index in [2.05, 4.69) is 0 Å². The lowest BCUT2D eigenvalue weighted by atomic mass is 9.95. The normalized spacial score (nSPS) is 11.6. The minimum absolute atomic E-state index is 0.0960. The van der Waals surface area contributed by atoms with Crippen molar-refractivity contribution in [3.05, 3.63) is 52.8 Å². The topological polar surface area (TPSA) is 9.23 Å². The van der Waals surface area contributed by atoms with Crippen molar-refractivity contribution in [1.29, 1.82) is 0 Å². The molecule has 0 radical (unpaired) electrons. The lowest BCUT2D eigenvalue weighted by molar-refractivity contribution is -0.137. The van der Waals surface area contributed by atoms with Crippen LogP contribution in [0.1, 0.15) is 23.6 Å². The molecule has 0 bridgehead atoms. The molecule has 0 saturated heterocycles. The second-order valence-electron chi connectivity index (χ2n) is 5.00. The van der Waals surface area contributed by atoms with E-state index in [1.54, 1.807) is 13.0 Å². The van der Waals surface area contributed by atoms with Crippen molar-refractivity contribution in [2.24, 2.45) is 0 Å². The standard InChI is InChI=1S/C17H15ClF4O/c1-3-10-7-14(16(23-2)8-15(10)19)13-5-4-12(17(20,21)22)6-11(13)9-18/h4-8H,3,9H2,1-2H3. The minimum atomic E-state index is -4.44. The van der Waals surface area contributed by atoms with Gasteiger partial charge in [0.05, 0.1) is 12.7 Å². The van der Waals surface area contributed by atoms with Gasteiger partial charge in [-0.3, -0.25) is 0 Å². The zero-order valence-corrected chi connectivity index (χ0v) is 13.4. The van der Waals surface area contributed by atoms with E-state index in [1.165, 1.54) is 19.2 Å². The van der Waals surface area contributed by atoms with Gasteiger partial charge in [0, 0.05) is 17.5 Å². The molecule has 0 aromatic heterocycles. The summed E-state index contributed by atoms with van der Waals surface area (Å²) in [5, 5.41) is 0. The quantitative estimate of drug-likeness (QED) is 0.500. The van der Waals surface area contributed by atoms with Gasteiger partial charge in [-0.1, -0.05) is 13.0 Å². The molecule has 0 saturated carbocycles. The zero-order valence-electron chi connectivity index (χ0n) is 12.6. The Bertz CT molecular complexity index is 710. The van der Waals surface area contributed by atoms with Crippen molar-refractivity contribution in [2.45, 2.75) is 25.4 Å². The third kappa shape index (κ3) is 3.61. The van der Waals surface area contributed by atoms with Crippen molar-refractivity contribution in [3.63, 3.8) is 0 Å². The monoisotopic (exact) mass is 346 g/mol. The van der Waals surface area contributed by atoms with E-state index in [-0.39, 0.29) is 11.6 Å². The molecule has 0 aliphatic heterocycles. The van der Waals surface area contributed by atoms with E-state index < -0.39 is 17.6 Å². The summed E-state index contributed by atoms with van der Waals surface area (Å²) in [4.78, 5) is 0. The SMILES string of the molecule is CCc1cc(-c2ccc(C(F)(F)F)cc2CCl)c(OC)cc1F. The highest BCUT2D eigenvalue weighted by Gasteiger charge is 2.31. The number of hydrogen-bond donors (Lipinski definition) is 0. The highest BCUT2D eigenvalue weighted by molar-refractivity contribution is 6.17. The van der Waals surface area contributed by atoms with E-state index in [0.29, 0.717) is 28.7 Å². The van der Waals surface area contributed by atoms with Gasteiger partial charge in [-0.25, -0.2) is 4.39 Å². The Morgan fingerprint density at radius 1 is 1.04 bits per heavy atom. The molecule has 23 heavy (non-hydrogen) atoms. The van der Waals surface area contributed by atoms with Gasteiger partial charge in [0.15, 0.2) is 0 Å². The van der Waals surface area contributed by atoms with E-state index in [9.17, 15) is 17.6 Å². The van der Waals surface area contributed by atoms with Crippen LogP contribution in [0.5, 0.6) is 5.75 Å². The fourth-order valence-corrected chi connectivity index (χ4v) is 2.61. The van der Waals surface area contributed by atoms with E-state index >= 15 is 0 Å². The maximum Gasteiger partial charge on any atom is 0.416 e. The number of rotatable bonds is 4. The summed E-state index contributed by atoms with van der Waals surface area (Å²) in [5.74, 6) is -0.250. The Kier molecular flexibility index (Phi) is 5.19. The highest BCUT2D eigenvalue weighted by Crippen LogP contribution is 2.38. The summed E-state index contributed by atoms with van der Waals surface area (Å²) < 4.78 is 57.6. The van der Waals surface area contributed by atoms with Crippen molar-refractivity contribution in [2.75, 3.05) is 7.11 Å². The molecule has 0 fully saturated rings. The molecule has 0 N–H and O–H groups in total. The molecule has 124 valence electrons. The molecule has 6 heteroatoms. The largest absolute Gasteiger partial charge is 0.496 e. The molecule has 0 spiro atoms. The molecule has 0 unspecified atom stereocenters. The van der Waals surface area contributed by atoms with Crippen molar-refractivity contribution < 1.29 is 22.3 Å². The lowest BCUT2D eigenvalue weighted by Gasteiger charge is -2.16. The summed E-state index contributed by atoms with van der Waals surface area (Å²) >= 11 is 5.82. The molecule has 0 aliphatic rings. The minimum Gasteiger partial charge on any atom is -0.496 e. The van der Waals surface area contributed by atoms with Gasteiger partial charge in [0.2, 0.25) is 0 Å². The average molecular weight is 347 g/mol. The first-order chi connectivity index (χ1) is 10.8. The van der Waals surface area contributed by atoms with Crippen LogP contribution in [-0.2, 0) is 18.5 Å². The third-order valence-corrected chi connectivity index (χ3v) is 3.90. The van der Waals surface area contributed by atoms with Crippen LogP contribution >= 0.6 is 11.6 Å². The van der Waals surface area contributed by atoms with Gasteiger partial charge in [0.25, 0.3) is 0 Å². The Morgan fingerprint density at radius 2 is 1.74 bits per heavy atom. The molecular weight excluding hydrogens is 332 g/mol. The third-order valence-electron chi connectivity index (χ3n) is 3.62. The maximum atomic E-state index is 13.9. The number of benzene rings is 2. The molecule has 0 atom stereocenters. The Hall–Kier alpha value is -1.75. The zero-order chi connectivity index (χ0) is 17.2. The highest BCUT2D eigenvalue weighted by atomic mass is 35.5. The molecule has 2 aromatic carbocycles. The van der Waals surface area contributed by atoms with Gasteiger partial charge < -0.3 is 4.74 Å². The number of hydrogen-bond acceptors (Lipinski definition) is 1. The van der Waals surface area contributed by atoms with Crippen molar-refractivity contribution in [1.82, 2.24) is 0 Å². The van der Waals surface area contributed by atoms with Crippen LogP contribution in [0.4, 0.5) is 17.6 Å². The molecule has 1 nitrogen and oxygen atoms in total. The number of alkyl halides is 4. The van der Waals surface area contributed by atoms with Gasteiger partial charge in [-0.05, 0) is 41.3 Å². The molecule has 2 rings (SSSR count). The van der Waals surface area contributed by atoms with Crippen LogP contribution < -0.4 is 4.74 Å². The Labute approximate surface area is 136 Å². The van der Waals surface area contributed by atoms with Crippen LogP contribution in [-0.4, -0.2) is 7.11 Å². The molecular formula is C17H15ClF4O. The van der Waals surface area contributed by atoms with Gasteiger partial charge >= 0.3 is 6.18 Å². The maximum absolute atomic E-state index is 13.9. The second-order valence-corrected chi connectivity index (χ2v) is 5.27. The van der Waals surface area contributed by atoms with Crippen LogP contribution in [0.3, 0.4) is 0 Å². The molecule has 2 aromatic rings. The van der Waals surface area contributed by atoms with Gasteiger partial charge in [0.1, 0.15) is 11.6 Å². The van der Waals surface area contributed by atoms with E-state index in [0.717, 1.165) is 12.1 Å². The molecule has 0 aliphatic carbocycles. The summed E-state index contributed by atoms with van der Waals surface area (Å²) in [6.45, 7) is 1.80. The number of aryl methyl sites for hydroxylation is 1. The first-order valence-electron chi connectivity index (χ1n) is 6.94. The molecule has 0 amide bonds.